The van der Waals surface area contributed by atoms with Gasteiger partial charge in [-0.2, -0.15) is 0 Å². The lowest BCUT2D eigenvalue weighted by Crippen LogP contribution is -1.95. The molecule has 0 aromatic rings. The average molecular weight is 232 g/mol. The molecular weight excluding hydrogens is 208 g/mol. The van der Waals surface area contributed by atoms with Crippen LogP contribution in [0.3, 0.4) is 0 Å². The molecule has 0 N–H and O–H groups in total. The zero-order valence-electron chi connectivity index (χ0n) is 10.8. The van der Waals surface area contributed by atoms with Crippen molar-refractivity contribution in [3.05, 3.63) is 49.6 Å². The lowest BCUT2D eigenvalue weighted by atomic mass is 10.0. The molecular formula is C16H24O. The fourth-order valence-electron chi connectivity index (χ4n) is 1.95. The summed E-state index contributed by atoms with van der Waals surface area (Å²) in [5.41, 5.74) is 2.26. The van der Waals surface area contributed by atoms with Gasteiger partial charge in [-0.1, -0.05) is 49.6 Å². The molecule has 0 aromatic heterocycles. The van der Waals surface area contributed by atoms with E-state index in [0.29, 0.717) is 12.2 Å². The van der Waals surface area contributed by atoms with Gasteiger partial charge in [0, 0.05) is 0 Å². The van der Waals surface area contributed by atoms with E-state index >= 15 is 0 Å². The summed E-state index contributed by atoms with van der Waals surface area (Å²) in [7, 11) is 0. The molecule has 0 aliphatic carbocycles. The Morgan fingerprint density at radius 1 is 0.882 bits per heavy atom. The molecule has 1 heteroatoms. The molecule has 1 nitrogen and oxygen atoms in total. The van der Waals surface area contributed by atoms with Crippen molar-refractivity contribution in [3.8, 4) is 0 Å². The second kappa shape index (κ2) is 7.29. The summed E-state index contributed by atoms with van der Waals surface area (Å²) in [5, 5.41) is 0. The number of allylic oxidation sites excluding steroid dienone is 4. The van der Waals surface area contributed by atoms with Crippen LogP contribution in [0.25, 0.3) is 0 Å². The lowest BCUT2D eigenvalue weighted by Gasteiger charge is -1.99. The van der Waals surface area contributed by atoms with E-state index in [-0.39, 0.29) is 0 Å². The number of hydrogen-bond acceptors (Lipinski definition) is 1. The molecule has 1 saturated heterocycles. The highest BCUT2D eigenvalue weighted by atomic mass is 16.6. The minimum atomic E-state index is 0.490. The van der Waals surface area contributed by atoms with Crippen molar-refractivity contribution in [2.45, 2.75) is 50.7 Å². The Balaban J connectivity index is 1.98. The van der Waals surface area contributed by atoms with E-state index < -0.39 is 0 Å². The second-order valence-electron chi connectivity index (χ2n) is 4.72. The van der Waals surface area contributed by atoms with Crippen LogP contribution in [0, 0.1) is 0 Å². The third-order valence-electron chi connectivity index (χ3n) is 3.24. The van der Waals surface area contributed by atoms with Crippen molar-refractivity contribution < 1.29 is 4.74 Å². The Labute approximate surface area is 106 Å². The zero-order chi connectivity index (χ0) is 12.7. The van der Waals surface area contributed by atoms with Gasteiger partial charge in [-0.15, -0.1) is 0 Å². The molecule has 0 radical (unpaired) electrons. The van der Waals surface area contributed by atoms with Crippen LogP contribution in [0.5, 0.6) is 0 Å². The predicted octanol–water partition coefficient (Wildman–Crippen LogP) is 4.58. The van der Waals surface area contributed by atoms with Crippen LogP contribution in [0.2, 0.25) is 0 Å². The van der Waals surface area contributed by atoms with Crippen molar-refractivity contribution in [3.63, 3.8) is 0 Å². The van der Waals surface area contributed by atoms with Gasteiger partial charge in [0.15, 0.2) is 0 Å². The number of ether oxygens (including phenoxy) is 1. The van der Waals surface area contributed by atoms with Crippen LogP contribution in [-0.4, -0.2) is 12.2 Å². The van der Waals surface area contributed by atoms with Crippen LogP contribution in [-0.2, 0) is 4.74 Å². The van der Waals surface area contributed by atoms with E-state index in [2.05, 4.69) is 26.3 Å². The van der Waals surface area contributed by atoms with Crippen LogP contribution in [0.4, 0.5) is 0 Å². The van der Waals surface area contributed by atoms with Crippen LogP contribution >= 0.6 is 0 Å². The SMILES string of the molecule is C=CC(=C)CCCC1OC1CCCC(=C)C=C. The third-order valence-corrected chi connectivity index (χ3v) is 3.24. The number of epoxide rings is 1. The molecule has 2 atom stereocenters. The average Bonchev–Trinajstić information content (AvgIpc) is 3.07. The molecule has 0 amide bonds. The Kier molecular flexibility index (Phi) is 5.99. The molecule has 0 spiro atoms. The van der Waals surface area contributed by atoms with Gasteiger partial charge in [0.2, 0.25) is 0 Å². The van der Waals surface area contributed by atoms with Crippen molar-refractivity contribution in [2.24, 2.45) is 0 Å². The Morgan fingerprint density at radius 2 is 1.29 bits per heavy atom. The zero-order valence-corrected chi connectivity index (χ0v) is 10.8. The summed E-state index contributed by atoms with van der Waals surface area (Å²) in [6, 6.07) is 0. The summed E-state index contributed by atoms with van der Waals surface area (Å²) in [6.07, 6.45) is 11.4. The van der Waals surface area contributed by atoms with Crippen molar-refractivity contribution in [1.29, 1.82) is 0 Å². The van der Waals surface area contributed by atoms with Gasteiger partial charge in [-0.25, -0.2) is 0 Å². The largest absolute Gasteiger partial charge is 0.370 e. The number of hydrogen-bond donors (Lipinski definition) is 0. The Bertz CT molecular complexity index is 271. The van der Waals surface area contributed by atoms with Crippen LogP contribution < -0.4 is 0 Å². The highest BCUT2D eigenvalue weighted by molar-refractivity contribution is 5.11. The first kappa shape index (κ1) is 14.0. The van der Waals surface area contributed by atoms with E-state index in [0.717, 1.165) is 49.7 Å². The van der Waals surface area contributed by atoms with Gasteiger partial charge in [-0.3, -0.25) is 0 Å². The molecule has 94 valence electrons. The standard InChI is InChI=1S/C16H24O/c1-5-13(3)9-7-11-15-16(17-15)12-8-10-14(4)6-2/h5-6,15-16H,1-4,7-12H2. The predicted molar refractivity (Wildman–Crippen MR) is 75.0 cm³/mol. The van der Waals surface area contributed by atoms with E-state index in [4.69, 9.17) is 4.74 Å². The van der Waals surface area contributed by atoms with Gasteiger partial charge in [-0.05, 0) is 38.5 Å². The minimum absolute atomic E-state index is 0.490. The van der Waals surface area contributed by atoms with Gasteiger partial charge in [0.1, 0.15) is 0 Å². The van der Waals surface area contributed by atoms with Crippen molar-refractivity contribution >= 4 is 0 Å². The molecule has 0 bridgehead atoms. The smallest absolute Gasteiger partial charge is 0.0842 e. The van der Waals surface area contributed by atoms with Gasteiger partial charge in [0.25, 0.3) is 0 Å². The van der Waals surface area contributed by atoms with Crippen LogP contribution in [0.1, 0.15) is 38.5 Å². The molecule has 1 fully saturated rings. The summed E-state index contributed by atoms with van der Waals surface area (Å²) >= 11 is 0. The van der Waals surface area contributed by atoms with Crippen LogP contribution in [0.15, 0.2) is 49.6 Å². The highest BCUT2D eigenvalue weighted by Gasteiger charge is 2.36. The fraction of sp³-hybridized carbons (Fsp3) is 0.500. The van der Waals surface area contributed by atoms with Gasteiger partial charge < -0.3 is 4.74 Å². The van der Waals surface area contributed by atoms with Crippen molar-refractivity contribution in [2.75, 3.05) is 0 Å². The number of rotatable bonds is 10. The molecule has 1 rings (SSSR count). The molecule has 17 heavy (non-hydrogen) atoms. The Hall–Kier alpha value is -1.08. The molecule has 2 unspecified atom stereocenters. The fourth-order valence-corrected chi connectivity index (χ4v) is 1.95. The Morgan fingerprint density at radius 3 is 1.65 bits per heavy atom. The first-order valence-electron chi connectivity index (χ1n) is 6.43. The molecule has 1 heterocycles. The summed E-state index contributed by atoms with van der Waals surface area (Å²) < 4.78 is 5.64. The first-order valence-corrected chi connectivity index (χ1v) is 6.43. The van der Waals surface area contributed by atoms with Crippen molar-refractivity contribution in [1.82, 2.24) is 0 Å². The summed E-state index contributed by atoms with van der Waals surface area (Å²) in [4.78, 5) is 0. The van der Waals surface area contributed by atoms with E-state index in [1.165, 1.54) is 0 Å². The van der Waals surface area contributed by atoms with E-state index in [1.807, 2.05) is 12.2 Å². The monoisotopic (exact) mass is 232 g/mol. The topological polar surface area (TPSA) is 12.5 Å². The molecule has 1 aliphatic heterocycles. The summed E-state index contributed by atoms with van der Waals surface area (Å²) in [5.74, 6) is 0. The third kappa shape index (κ3) is 5.69. The summed E-state index contributed by atoms with van der Waals surface area (Å²) in [6.45, 7) is 15.2. The maximum absolute atomic E-state index is 5.64. The quantitative estimate of drug-likeness (QED) is 0.397. The van der Waals surface area contributed by atoms with Gasteiger partial charge >= 0.3 is 0 Å². The molecule has 0 saturated carbocycles. The highest BCUT2D eigenvalue weighted by Crippen LogP contribution is 2.32. The van der Waals surface area contributed by atoms with E-state index in [9.17, 15) is 0 Å². The minimum Gasteiger partial charge on any atom is -0.370 e. The molecule has 1 aliphatic rings. The molecule has 0 aromatic carbocycles. The van der Waals surface area contributed by atoms with Gasteiger partial charge in [0.05, 0.1) is 12.2 Å². The second-order valence-corrected chi connectivity index (χ2v) is 4.72. The van der Waals surface area contributed by atoms with E-state index in [1.54, 1.807) is 0 Å². The lowest BCUT2D eigenvalue weighted by molar-refractivity contribution is 0.351. The normalized spacial score (nSPS) is 21.9. The first-order chi connectivity index (χ1) is 8.17. The maximum atomic E-state index is 5.64. The maximum Gasteiger partial charge on any atom is 0.0842 e.